The van der Waals surface area contributed by atoms with E-state index in [0.717, 1.165) is 29.5 Å². The third kappa shape index (κ3) is 1.93. The molecule has 1 aliphatic carbocycles. The van der Waals surface area contributed by atoms with Crippen LogP contribution in [0.2, 0.25) is 0 Å². The van der Waals surface area contributed by atoms with Crippen molar-refractivity contribution in [2.75, 3.05) is 0 Å². The Kier molecular flexibility index (Phi) is 2.67. The zero-order valence-corrected chi connectivity index (χ0v) is 10.4. The Hall–Kier alpha value is -1.67. The van der Waals surface area contributed by atoms with Crippen molar-refractivity contribution in [1.82, 2.24) is 0 Å². The topological polar surface area (TPSA) is 26.0 Å². The van der Waals surface area contributed by atoms with Gasteiger partial charge in [-0.2, -0.15) is 0 Å². The van der Waals surface area contributed by atoms with E-state index in [1.54, 1.807) is 12.1 Å². The molecule has 0 amide bonds. The summed E-state index contributed by atoms with van der Waals surface area (Å²) in [4.78, 5) is 0. The van der Waals surface area contributed by atoms with E-state index in [1.807, 2.05) is 19.1 Å². The average molecular weight is 241 g/mol. The fourth-order valence-corrected chi connectivity index (χ4v) is 2.73. The van der Waals surface area contributed by atoms with Crippen molar-refractivity contribution in [2.24, 2.45) is 5.73 Å². The lowest BCUT2D eigenvalue weighted by Crippen LogP contribution is -2.04. The number of halogens is 1. The van der Waals surface area contributed by atoms with E-state index in [0.29, 0.717) is 0 Å². The predicted molar refractivity (Wildman–Crippen MR) is 71.8 cm³/mol. The predicted octanol–water partition coefficient (Wildman–Crippen LogP) is 3.75. The maximum absolute atomic E-state index is 13.4. The van der Waals surface area contributed by atoms with Crippen LogP contribution < -0.4 is 5.73 Å². The van der Waals surface area contributed by atoms with Crippen molar-refractivity contribution in [3.05, 3.63) is 58.9 Å². The number of aryl methyl sites for hydroxylation is 2. The minimum absolute atomic E-state index is 0.170. The van der Waals surface area contributed by atoms with Gasteiger partial charge in [0.25, 0.3) is 0 Å². The van der Waals surface area contributed by atoms with Gasteiger partial charge in [0.1, 0.15) is 5.82 Å². The molecule has 0 spiro atoms. The molecule has 0 saturated heterocycles. The number of hydrogen-bond donors (Lipinski definition) is 1. The van der Waals surface area contributed by atoms with Gasteiger partial charge in [-0.25, -0.2) is 4.39 Å². The quantitative estimate of drug-likeness (QED) is 0.808. The van der Waals surface area contributed by atoms with Gasteiger partial charge in [-0.05, 0) is 59.7 Å². The Bertz CT molecular complexity index is 584. The van der Waals surface area contributed by atoms with Crippen LogP contribution in [0.5, 0.6) is 0 Å². The smallest absolute Gasteiger partial charge is 0.124 e. The maximum atomic E-state index is 13.4. The van der Waals surface area contributed by atoms with E-state index < -0.39 is 0 Å². The van der Waals surface area contributed by atoms with Crippen molar-refractivity contribution < 1.29 is 4.39 Å². The normalized spacial score (nSPS) is 17.8. The Balaban J connectivity index is 2.07. The third-order valence-electron chi connectivity index (χ3n) is 3.64. The van der Waals surface area contributed by atoms with Gasteiger partial charge >= 0.3 is 0 Å². The van der Waals surface area contributed by atoms with Crippen LogP contribution in [0.15, 0.2) is 36.4 Å². The molecule has 3 rings (SSSR count). The summed E-state index contributed by atoms with van der Waals surface area (Å²) in [5.74, 6) is -0.179. The Morgan fingerprint density at radius 1 is 1.11 bits per heavy atom. The first-order valence-electron chi connectivity index (χ1n) is 6.29. The van der Waals surface area contributed by atoms with E-state index in [9.17, 15) is 4.39 Å². The van der Waals surface area contributed by atoms with Gasteiger partial charge in [0.15, 0.2) is 0 Å². The van der Waals surface area contributed by atoms with Gasteiger partial charge < -0.3 is 5.73 Å². The van der Waals surface area contributed by atoms with Crippen LogP contribution in [0, 0.1) is 12.7 Å². The highest BCUT2D eigenvalue weighted by Crippen LogP contribution is 2.33. The summed E-state index contributed by atoms with van der Waals surface area (Å²) in [6.07, 6.45) is 2.04. The molecule has 0 saturated carbocycles. The SMILES string of the molecule is Cc1cc(F)cc(-c2ccc3c(c2)CCC3N)c1. The van der Waals surface area contributed by atoms with Gasteiger partial charge in [0.2, 0.25) is 0 Å². The highest BCUT2D eigenvalue weighted by Gasteiger charge is 2.19. The van der Waals surface area contributed by atoms with Crippen molar-refractivity contribution in [3.63, 3.8) is 0 Å². The van der Waals surface area contributed by atoms with Crippen LogP contribution in [0.25, 0.3) is 11.1 Å². The van der Waals surface area contributed by atoms with Crippen molar-refractivity contribution in [1.29, 1.82) is 0 Å². The van der Waals surface area contributed by atoms with Gasteiger partial charge in [-0.15, -0.1) is 0 Å². The van der Waals surface area contributed by atoms with E-state index in [1.165, 1.54) is 11.1 Å². The Morgan fingerprint density at radius 2 is 1.94 bits per heavy atom. The molecule has 0 aliphatic heterocycles. The third-order valence-corrected chi connectivity index (χ3v) is 3.64. The minimum Gasteiger partial charge on any atom is -0.324 e. The van der Waals surface area contributed by atoms with Crippen LogP contribution >= 0.6 is 0 Å². The summed E-state index contributed by atoms with van der Waals surface area (Å²) in [6.45, 7) is 1.91. The molecule has 0 radical (unpaired) electrons. The molecule has 1 aliphatic rings. The molecule has 0 fully saturated rings. The molecule has 0 aromatic heterocycles. The lowest BCUT2D eigenvalue weighted by atomic mass is 9.98. The largest absolute Gasteiger partial charge is 0.324 e. The second-order valence-corrected chi connectivity index (χ2v) is 5.08. The zero-order valence-electron chi connectivity index (χ0n) is 10.4. The molecule has 1 unspecified atom stereocenters. The van der Waals surface area contributed by atoms with Crippen molar-refractivity contribution in [2.45, 2.75) is 25.8 Å². The highest BCUT2D eigenvalue weighted by molar-refractivity contribution is 5.66. The van der Waals surface area contributed by atoms with Crippen LogP contribution in [-0.2, 0) is 6.42 Å². The van der Waals surface area contributed by atoms with Gasteiger partial charge in [-0.3, -0.25) is 0 Å². The van der Waals surface area contributed by atoms with E-state index in [-0.39, 0.29) is 11.9 Å². The second kappa shape index (κ2) is 4.21. The highest BCUT2D eigenvalue weighted by atomic mass is 19.1. The molecule has 0 bridgehead atoms. The first-order valence-corrected chi connectivity index (χ1v) is 6.29. The van der Waals surface area contributed by atoms with Gasteiger partial charge in [0, 0.05) is 6.04 Å². The lowest BCUT2D eigenvalue weighted by Gasteiger charge is -2.08. The molecule has 2 aromatic rings. The molecular formula is C16H16FN. The Morgan fingerprint density at radius 3 is 2.72 bits per heavy atom. The number of fused-ring (bicyclic) bond motifs is 1. The molecular weight excluding hydrogens is 225 g/mol. The fourth-order valence-electron chi connectivity index (χ4n) is 2.73. The van der Waals surface area contributed by atoms with E-state index in [4.69, 9.17) is 5.73 Å². The second-order valence-electron chi connectivity index (χ2n) is 5.08. The summed E-state index contributed by atoms with van der Waals surface area (Å²) < 4.78 is 13.4. The zero-order chi connectivity index (χ0) is 12.7. The summed E-state index contributed by atoms with van der Waals surface area (Å²) >= 11 is 0. The number of benzene rings is 2. The number of nitrogens with two attached hydrogens (primary N) is 1. The molecule has 18 heavy (non-hydrogen) atoms. The van der Waals surface area contributed by atoms with Crippen molar-refractivity contribution >= 4 is 0 Å². The van der Waals surface area contributed by atoms with Gasteiger partial charge in [-0.1, -0.05) is 24.3 Å². The summed E-state index contributed by atoms with van der Waals surface area (Å²) in [6, 6.07) is 11.6. The molecule has 2 N–H and O–H groups in total. The summed E-state index contributed by atoms with van der Waals surface area (Å²) in [5, 5.41) is 0. The molecule has 2 aromatic carbocycles. The lowest BCUT2D eigenvalue weighted by molar-refractivity contribution is 0.627. The van der Waals surface area contributed by atoms with E-state index in [2.05, 4.69) is 12.1 Å². The molecule has 2 heteroatoms. The van der Waals surface area contributed by atoms with E-state index >= 15 is 0 Å². The number of rotatable bonds is 1. The fraction of sp³-hybridized carbons (Fsp3) is 0.250. The number of hydrogen-bond acceptors (Lipinski definition) is 1. The van der Waals surface area contributed by atoms with Gasteiger partial charge in [0.05, 0.1) is 0 Å². The first kappa shape index (κ1) is 11.4. The van der Waals surface area contributed by atoms with Crippen molar-refractivity contribution in [3.8, 4) is 11.1 Å². The summed E-state index contributed by atoms with van der Waals surface area (Å²) in [5.41, 5.74) is 11.5. The molecule has 1 nitrogen and oxygen atoms in total. The van der Waals surface area contributed by atoms with Crippen LogP contribution in [-0.4, -0.2) is 0 Å². The first-order chi connectivity index (χ1) is 8.63. The summed E-state index contributed by atoms with van der Waals surface area (Å²) in [7, 11) is 0. The van der Waals surface area contributed by atoms with Crippen LogP contribution in [0.1, 0.15) is 29.2 Å². The minimum atomic E-state index is -0.179. The molecule has 92 valence electrons. The van der Waals surface area contributed by atoms with Crippen LogP contribution in [0.4, 0.5) is 4.39 Å². The monoisotopic (exact) mass is 241 g/mol. The van der Waals surface area contributed by atoms with Crippen LogP contribution in [0.3, 0.4) is 0 Å². The molecule has 0 heterocycles. The Labute approximate surface area is 106 Å². The molecule has 1 atom stereocenters. The maximum Gasteiger partial charge on any atom is 0.124 e. The standard InChI is InChI=1S/C16H16FN/c1-10-6-13(9-14(17)7-10)11-2-4-15-12(8-11)3-5-16(15)18/h2,4,6-9,16H,3,5,18H2,1H3. The average Bonchev–Trinajstić information content (AvgIpc) is 2.69.